The van der Waals surface area contributed by atoms with Crippen LogP contribution in [0.25, 0.3) is 0 Å². The zero-order valence-corrected chi connectivity index (χ0v) is 22.6. The van der Waals surface area contributed by atoms with Crippen molar-refractivity contribution in [1.29, 1.82) is 0 Å². The Labute approximate surface area is 214 Å². The largest absolute Gasteiger partial charge is 0.487 e. The molecule has 2 aromatic carbocycles. The van der Waals surface area contributed by atoms with Crippen LogP contribution in [0.4, 0.5) is 0 Å². The maximum absolute atomic E-state index is 12.4. The van der Waals surface area contributed by atoms with Crippen LogP contribution in [-0.2, 0) is 22.5 Å². The van der Waals surface area contributed by atoms with Gasteiger partial charge < -0.3 is 14.0 Å². The Balaban J connectivity index is 1.64. The first-order chi connectivity index (χ1) is 16.9. The highest BCUT2D eigenvalue weighted by molar-refractivity contribution is 5.70. The van der Waals surface area contributed by atoms with Crippen LogP contribution in [-0.4, -0.2) is 43.8 Å². The van der Waals surface area contributed by atoms with Crippen LogP contribution < -0.4 is 4.74 Å². The molecular weight excluding hydrogens is 434 g/mol. The normalized spacial score (nSPS) is 12.3. The van der Waals surface area contributed by atoms with E-state index in [-0.39, 0.29) is 18.7 Å². The number of benzene rings is 2. The van der Waals surface area contributed by atoms with Crippen molar-refractivity contribution in [1.82, 2.24) is 0 Å². The molecule has 0 saturated carbocycles. The van der Waals surface area contributed by atoms with Gasteiger partial charge in [-0.1, -0.05) is 101 Å². The number of hydrogen-bond donors (Lipinski definition) is 0. The van der Waals surface area contributed by atoms with Crippen molar-refractivity contribution in [3.63, 3.8) is 0 Å². The van der Waals surface area contributed by atoms with Crippen LogP contribution in [0.2, 0.25) is 0 Å². The van der Waals surface area contributed by atoms with Crippen molar-refractivity contribution in [2.24, 2.45) is 0 Å². The first-order valence-electron chi connectivity index (χ1n) is 13.6. The monoisotopic (exact) mass is 482 g/mol. The van der Waals surface area contributed by atoms with E-state index in [1.54, 1.807) is 0 Å². The number of esters is 1. The summed E-state index contributed by atoms with van der Waals surface area (Å²) < 4.78 is 12.1. The Morgan fingerprint density at radius 1 is 0.829 bits per heavy atom. The molecule has 35 heavy (non-hydrogen) atoms. The second-order valence-corrected chi connectivity index (χ2v) is 10.6. The zero-order valence-electron chi connectivity index (χ0n) is 22.6. The summed E-state index contributed by atoms with van der Waals surface area (Å²) in [4.78, 5) is 12.4. The fourth-order valence-electron chi connectivity index (χ4n) is 4.42. The lowest BCUT2D eigenvalue weighted by Crippen LogP contribution is -2.44. The number of ether oxygens (including phenoxy) is 2. The molecule has 1 unspecified atom stereocenters. The molecule has 0 aromatic heterocycles. The molecule has 0 bridgehead atoms. The van der Waals surface area contributed by atoms with Crippen molar-refractivity contribution in [2.45, 2.75) is 90.7 Å². The number of carbonyl (C=O) groups excluding carboxylic acids is 1. The van der Waals surface area contributed by atoms with Gasteiger partial charge in [0.25, 0.3) is 0 Å². The van der Waals surface area contributed by atoms with Crippen molar-refractivity contribution >= 4 is 5.97 Å². The molecule has 4 nitrogen and oxygen atoms in total. The third-order valence-corrected chi connectivity index (χ3v) is 6.29. The number of aryl methyl sites for hydroxylation is 1. The number of rotatable bonds is 18. The first-order valence-corrected chi connectivity index (χ1v) is 13.6. The third kappa shape index (κ3) is 13.4. The molecule has 0 N–H and O–H groups in total. The van der Waals surface area contributed by atoms with E-state index in [0.29, 0.717) is 11.0 Å². The average molecular weight is 483 g/mol. The summed E-state index contributed by atoms with van der Waals surface area (Å²) in [5, 5.41) is 0. The van der Waals surface area contributed by atoms with Gasteiger partial charge in [-0.25, -0.2) is 4.79 Å². The topological polar surface area (TPSA) is 35.5 Å². The maximum Gasteiger partial charge on any atom is 0.361 e. The lowest BCUT2D eigenvalue weighted by Gasteiger charge is -2.28. The third-order valence-electron chi connectivity index (χ3n) is 6.29. The molecule has 0 spiro atoms. The lowest BCUT2D eigenvalue weighted by atomic mass is 10.0. The molecule has 0 radical (unpaired) electrons. The Hall–Kier alpha value is -2.33. The van der Waals surface area contributed by atoms with Gasteiger partial charge in [-0.3, -0.25) is 0 Å². The standard InChI is InChI=1S/C31H48NO3/c1-5-6-7-8-9-10-11-12-14-18-28-21-17-22-30(23-28)35-27(2)26-34-31(33)25-32(3,4)24-29-19-15-13-16-20-29/h13,15-17,19-23,27H,5-12,14,18,24-26H2,1-4H3/q+1. The minimum absolute atomic E-state index is 0.188. The van der Waals surface area contributed by atoms with Crippen molar-refractivity contribution in [2.75, 3.05) is 27.2 Å². The lowest BCUT2D eigenvalue weighted by molar-refractivity contribution is -0.896. The second-order valence-electron chi connectivity index (χ2n) is 10.6. The Bertz CT molecular complexity index is 834. The van der Waals surface area contributed by atoms with Crippen molar-refractivity contribution in [3.05, 3.63) is 65.7 Å². The van der Waals surface area contributed by atoms with E-state index >= 15 is 0 Å². The maximum atomic E-state index is 12.4. The Morgan fingerprint density at radius 3 is 2.14 bits per heavy atom. The number of carbonyl (C=O) groups is 1. The van der Waals surface area contributed by atoms with Crippen LogP contribution >= 0.6 is 0 Å². The highest BCUT2D eigenvalue weighted by Gasteiger charge is 2.22. The molecule has 0 heterocycles. The van der Waals surface area contributed by atoms with Gasteiger partial charge in [0.2, 0.25) is 0 Å². The van der Waals surface area contributed by atoms with Crippen molar-refractivity contribution < 1.29 is 18.8 Å². The number of unbranched alkanes of at least 4 members (excludes halogenated alkanes) is 8. The van der Waals surface area contributed by atoms with Gasteiger partial charge in [-0.15, -0.1) is 0 Å². The molecular formula is C31H48NO3+. The Morgan fingerprint density at radius 2 is 1.46 bits per heavy atom. The highest BCUT2D eigenvalue weighted by Crippen LogP contribution is 2.18. The summed E-state index contributed by atoms with van der Waals surface area (Å²) >= 11 is 0. The summed E-state index contributed by atoms with van der Waals surface area (Å²) in [5.41, 5.74) is 2.53. The molecule has 1 atom stereocenters. The summed E-state index contributed by atoms with van der Waals surface area (Å²) in [6.45, 7) is 5.59. The number of quaternary nitrogens is 1. The van der Waals surface area contributed by atoms with Gasteiger partial charge in [0.05, 0.1) is 14.1 Å². The van der Waals surface area contributed by atoms with Gasteiger partial charge in [0.1, 0.15) is 25.0 Å². The molecule has 194 valence electrons. The number of nitrogens with zero attached hydrogens (tertiary/aromatic N) is 1. The summed E-state index contributed by atoms with van der Waals surface area (Å²) in [6.07, 6.45) is 13.0. The van der Waals surface area contributed by atoms with Crippen LogP contribution in [0.5, 0.6) is 5.75 Å². The quantitative estimate of drug-likeness (QED) is 0.127. The zero-order chi connectivity index (χ0) is 25.4. The highest BCUT2D eigenvalue weighted by atomic mass is 16.6. The molecule has 4 heteroatoms. The van der Waals surface area contributed by atoms with Crippen LogP contribution in [0.15, 0.2) is 54.6 Å². The second kappa shape index (κ2) is 16.4. The molecule has 0 fully saturated rings. The molecule has 2 aromatic rings. The van der Waals surface area contributed by atoms with E-state index in [1.807, 2.05) is 45.3 Å². The summed E-state index contributed by atoms with van der Waals surface area (Å²) in [6, 6.07) is 18.6. The summed E-state index contributed by atoms with van der Waals surface area (Å²) in [7, 11) is 4.10. The van der Waals surface area contributed by atoms with E-state index < -0.39 is 0 Å². The minimum atomic E-state index is -0.194. The van der Waals surface area contributed by atoms with Gasteiger partial charge >= 0.3 is 5.97 Å². The first kappa shape index (κ1) is 28.9. The van der Waals surface area contributed by atoms with Gasteiger partial charge in [-0.2, -0.15) is 0 Å². The van der Waals surface area contributed by atoms with E-state index in [1.165, 1.54) is 68.9 Å². The van der Waals surface area contributed by atoms with Crippen molar-refractivity contribution in [3.8, 4) is 5.75 Å². The van der Waals surface area contributed by atoms with Crippen LogP contribution in [0.1, 0.15) is 82.8 Å². The molecule has 0 saturated heterocycles. The Kier molecular flexibility index (Phi) is 13.5. The van der Waals surface area contributed by atoms with E-state index in [2.05, 4.69) is 37.3 Å². The molecule has 0 aliphatic rings. The van der Waals surface area contributed by atoms with Gasteiger partial charge in [0, 0.05) is 5.56 Å². The SMILES string of the molecule is CCCCCCCCCCCc1cccc(OC(C)COC(=O)C[N+](C)(C)Cc2ccccc2)c1. The van der Waals surface area contributed by atoms with Crippen LogP contribution in [0.3, 0.4) is 0 Å². The van der Waals surface area contributed by atoms with Gasteiger partial charge in [0.15, 0.2) is 6.54 Å². The number of likely N-dealkylation sites (N-methyl/N-ethyl adjacent to an activating group) is 1. The predicted molar refractivity (Wildman–Crippen MR) is 146 cm³/mol. The van der Waals surface area contributed by atoms with E-state index in [4.69, 9.17) is 9.47 Å². The fraction of sp³-hybridized carbons (Fsp3) is 0.581. The summed E-state index contributed by atoms with van der Waals surface area (Å²) in [5.74, 6) is 0.655. The van der Waals surface area contributed by atoms with Gasteiger partial charge in [-0.05, 0) is 37.5 Å². The average Bonchev–Trinajstić information content (AvgIpc) is 2.82. The minimum Gasteiger partial charge on any atom is -0.487 e. The predicted octanol–water partition coefficient (Wildman–Crippen LogP) is 7.35. The van der Waals surface area contributed by atoms with E-state index in [0.717, 1.165) is 18.7 Å². The van der Waals surface area contributed by atoms with Crippen LogP contribution in [0, 0.1) is 0 Å². The number of hydrogen-bond acceptors (Lipinski definition) is 3. The molecule has 0 aliphatic carbocycles. The van der Waals surface area contributed by atoms with E-state index in [9.17, 15) is 4.79 Å². The smallest absolute Gasteiger partial charge is 0.361 e. The molecule has 0 amide bonds. The fourth-order valence-corrected chi connectivity index (χ4v) is 4.42. The molecule has 2 rings (SSSR count). The molecule has 0 aliphatic heterocycles.